The molecule has 10 nitrogen and oxygen atoms in total. The fraction of sp³-hybridized carbons (Fsp3) is 0.200. The summed E-state index contributed by atoms with van der Waals surface area (Å²) in [7, 11) is 3.25. The van der Waals surface area contributed by atoms with Gasteiger partial charge in [-0.1, -0.05) is 0 Å². The Labute approximate surface area is 173 Å². The Morgan fingerprint density at radius 1 is 0.867 bits per heavy atom. The molecule has 0 saturated carbocycles. The molecule has 0 aliphatic rings. The normalized spacial score (nSPS) is 10.3. The number of amides is 2. The van der Waals surface area contributed by atoms with Crippen molar-refractivity contribution >= 4 is 35.0 Å². The number of hydrogen-bond acceptors (Lipinski definition) is 8. The number of anilines is 4. The fourth-order valence-electron chi connectivity index (χ4n) is 2.73. The lowest BCUT2D eigenvalue weighted by Gasteiger charge is -2.13. The zero-order chi connectivity index (χ0) is 21.7. The largest absolute Gasteiger partial charge is 0.373 e. The van der Waals surface area contributed by atoms with Crippen LogP contribution in [0.25, 0.3) is 0 Å². The van der Waals surface area contributed by atoms with Gasteiger partial charge in [-0.15, -0.1) is 0 Å². The third kappa shape index (κ3) is 4.85. The number of aromatic nitrogens is 4. The van der Waals surface area contributed by atoms with E-state index in [9.17, 15) is 9.59 Å². The molecule has 0 radical (unpaired) electrons. The molecule has 3 heterocycles. The number of carbonyl (C=O) groups is 2. The first-order valence-electron chi connectivity index (χ1n) is 9.16. The summed E-state index contributed by atoms with van der Waals surface area (Å²) in [4.78, 5) is 41.8. The van der Waals surface area contributed by atoms with Gasteiger partial charge >= 0.3 is 0 Å². The van der Waals surface area contributed by atoms with Gasteiger partial charge in [-0.05, 0) is 26.0 Å². The van der Waals surface area contributed by atoms with E-state index in [1.807, 2.05) is 6.92 Å². The van der Waals surface area contributed by atoms with Gasteiger partial charge in [-0.2, -0.15) is 0 Å². The summed E-state index contributed by atoms with van der Waals surface area (Å²) in [6, 6.07) is 6.67. The van der Waals surface area contributed by atoms with Crippen LogP contribution in [0.3, 0.4) is 0 Å². The summed E-state index contributed by atoms with van der Waals surface area (Å²) >= 11 is 0. The molecule has 0 aliphatic carbocycles. The maximum Gasteiger partial charge on any atom is 0.257 e. The minimum absolute atomic E-state index is 0.228. The monoisotopic (exact) mass is 406 g/mol. The van der Waals surface area contributed by atoms with Crippen LogP contribution in [0.4, 0.5) is 23.1 Å². The van der Waals surface area contributed by atoms with E-state index in [4.69, 9.17) is 0 Å². The van der Waals surface area contributed by atoms with Crippen LogP contribution >= 0.6 is 0 Å². The zero-order valence-electron chi connectivity index (χ0n) is 17.1. The number of pyridine rings is 2. The summed E-state index contributed by atoms with van der Waals surface area (Å²) in [5.41, 5.74) is 1.69. The standard InChI is InChI=1S/C20H22N8O2/c1-11-7-18(26-12(2)25-11)28-17-8-15(14(10-24-17)20(30)22-4)27-19(29)13-5-6-16(21-3)23-9-13/h5-10H,1-4H3,(H,21,23)(H,22,30)(H2,24,25,26,27,28,29). The number of nitrogens with one attached hydrogen (secondary N) is 4. The highest BCUT2D eigenvalue weighted by atomic mass is 16.2. The molecule has 4 N–H and O–H groups in total. The Hall–Kier alpha value is -4.08. The molecule has 0 spiro atoms. The minimum atomic E-state index is -0.402. The van der Waals surface area contributed by atoms with Crippen molar-refractivity contribution in [3.63, 3.8) is 0 Å². The van der Waals surface area contributed by atoms with Gasteiger partial charge in [0.25, 0.3) is 11.8 Å². The van der Waals surface area contributed by atoms with Crippen molar-refractivity contribution in [1.82, 2.24) is 25.3 Å². The average molecular weight is 406 g/mol. The topological polar surface area (TPSA) is 134 Å². The van der Waals surface area contributed by atoms with Crippen LogP contribution < -0.4 is 21.3 Å². The van der Waals surface area contributed by atoms with E-state index in [-0.39, 0.29) is 11.5 Å². The highest BCUT2D eigenvalue weighted by Crippen LogP contribution is 2.22. The van der Waals surface area contributed by atoms with Crippen LogP contribution in [0.5, 0.6) is 0 Å². The lowest BCUT2D eigenvalue weighted by molar-refractivity contribution is 0.0963. The van der Waals surface area contributed by atoms with Gasteiger partial charge in [0.15, 0.2) is 0 Å². The molecule has 0 atom stereocenters. The third-order valence-corrected chi connectivity index (χ3v) is 4.13. The number of aryl methyl sites for hydroxylation is 2. The molecule has 0 bridgehead atoms. The molecule has 0 fully saturated rings. The second-order valence-corrected chi connectivity index (χ2v) is 6.40. The van der Waals surface area contributed by atoms with E-state index in [2.05, 4.69) is 41.2 Å². The Bertz CT molecular complexity index is 1060. The fourth-order valence-corrected chi connectivity index (χ4v) is 2.73. The highest BCUT2D eigenvalue weighted by molar-refractivity contribution is 6.09. The van der Waals surface area contributed by atoms with E-state index >= 15 is 0 Å². The molecule has 3 rings (SSSR count). The van der Waals surface area contributed by atoms with Gasteiger partial charge in [-0.25, -0.2) is 19.9 Å². The van der Waals surface area contributed by atoms with Crippen LogP contribution in [-0.4, -0.2) is 45.8 Å². The molecule has 3 aromatic heterocycles. The van der Waals surface area contributed by atoms with E-state index < -0.39 is 5.91 Å². The van der Waals surface area contributed by atoms with Gasteiger partial charge < -0.3 is 21.3 Å². The smallest absolute Gasteiger partial charge is 0.257 e. The summed E-state index contributed by atoms with van der Waals surface area (Å²) < 4.78 is 0. The van der Waals surface area contributed by atoms with Gasteiger partial charge in [0, 0.05) is 44.3 Å². The lowest BCUT2D eigenvalue weighted by atomic mass is 10.2. The second-order valence-electron chi connectivity index (χ2n) is 6.40. The molecular weight excluding hydrogens is 384 g/mol. The number of rotatable bonds is 6. The molecule has 154 valence electrons. The summed E-state index contributed by atoms with van der Waals surface area (Å²) in [6.45, 7) is 3.65. The minimum Gasteiger partial charge on any atom is -0.373 e. The highest BCUT2D eigenvalue weighted by Gasteiger charge is 2.16. The first kappa shape index (κ1) is 20.6. The molecule has 0 aromatic carbocycles. The Balaban J connectivity index is 1.90. The molecular formula is C20H22N8O2. The van der Waals surface area contributed by atoms with Crippen molar-refractivity contribution in [1.29, 1.82) is 0 Å². The maximum atomic E-state index is 12.7. The number of hydrogen-bond donors (Lipinski definition) is 4. The predicted octanol–water partition coefficient (Wildman–Crippen LogP) is 2.28. The quantitative estimate of drug-likeness (QED) is 0.490. The molecule has 10 heteroatoms. The van der Waals surface area contributed by atoms with Crippen molar-refractivity contribution < 1.29 is 9.59 Å². The maximum absolute atomic E-state index is 12.7. The Morgan fingerprint density at radius 2 is 1.63 bits per heavy atom. The van der Waals surface area contributed by atoms with E-state index in [0.29, 0.717) is 34.5 Å². The van der Waals surface area contributed by atoms with E-state index in [0.717, 1.165) is 5.69 Å². The molecule has 30 heavy (non-hydrogen) atoms. The van der Waals surface area contributed by atoms with Crippen molar-refractivity contribution in [3.05, 3.63) is 59.3 Å². The molecule has 0 saturated heterocycles. The summed E-state index contributed by atoms with van der Waals surface area (Å²) in [5, 5.41) is 11.3. The van der Waals surface area contributed by atoms with Crippen molar-refractivity contribution in [2.75, 3.05) is 30.0 Å². The first-order valence-corrected chi connectivity index (χ1v) is 9.16. The van der Waals surface area contributed by atoms with Gasteiger partial charge in [0.1, 0.15) is 23.3 Å². The second kappa shape index (κ2) is 8.95. The predicted molar refractivity (Wildman–Crippen MR) is 114 cm³/mol. The van der Waals surface area contributed by atoms with Crippen LogP contribution in [0, 0.1) is 13.8 Å². The number of carbonyl (C=O) groups excluding carboxylic acids is 2. The van der Waals surface area contributed by atoms with Crippen LogP contribution in [0.1, 0.15) is 32.2 Å². The Morgan fingerprint density at radius 3 is 2.27 bits per heavy atom. The zero-order valence-corrected chi connectivity index (χ0v) is 17.1. The molecule has 2 amide bonds. The van der Waals surface area contributed by atoms with Gasteiger partial charge in [0.2, 0.25) is 0 Å². The lowest BCUT2D eigenvalue weighted by Crippen LogP contribution is -2.22. The van der Waals surface area contributed by atoms with Crippen molar-refractivity contribution in [2.45, 2.75) is 13.8 Å². The first-order chi connectivity index (χ1) is 14.4. The van der Waals surface area contributed by atoms with E-state index in [1.165, 1.54) is 19.4 Å². The van der Waals surface area contributed by atoms with Crippen LogP contribution in [0.15, 0.2) is 36.7 Å². The molecule has 3 aromatic rings. The van der Waals surface area contributed by atoms with Crippen molar-refractivity contribution in [2.24, 2.45) is 0 Å². The van der Waals surface area contributed by atoms with Gasteiger partial charge in [0.05, 0.1) is 16.8 Å². The van der Waals surface area contributed by atoms with Crippen LogP contribution in [-0.2, 0) is 0 Å². The SMILES string of the molecule is CNC(=O)c1cnc(Nc2cc(C)nc(C)n2)cc1NC(=O)c1ccc(NC)nc1. The molecule has 0 aliphatic heterocycles. The van der Waals surface area contributed by atoms with Crippen molar-refractivity contribution in [3.8, 4) is 0 Å². The Kier molecular flexibility index (Phi) is 6.16. The third-order valence-electron chi connectivity index (χ3n) is 4.13. The average Bonchev–Trinajstić information content (AvgIpc) is 2.72. The van der Waals surface area contributed by atoms with Gasteiger partial charge in [-0.3, -0.25) is 9.59 Å². The summed E-state index contributed by atoms with van der Waals surface area (Å²) in [5.74, 6) is 1.46. The van der Waals surface area contributed by atoms with E-state index in [1.54, 1.807) is 38.2 Å². The molecule has 0 unspecified atom stereocenters. The summed E-state index contributed by atoms with van der Waals surface area (Å²) in [6.07, 6.45) is 2.84. The number of nitrogens with zero attached hydrogens (tertiary/aromatic N) is 4. The van der Waals surface area contributed by atoms with Crippen LogP contribution in [0.2, 0.25) is 0 Å².